The Kier molecular flexibility index (Phi) is 5.70. The lowest BCUT2D eigenvalue weighted by Gasteiger charge is -2.01. The van der Waals surface area contributed by atoms with Crippen molar-refractivity contribution in [1.29, 1.82) is 0 Å². The van der Waals surface area contributed by atoms with Crippen LogP contribution in [0.25, 0.3) is 22.2 Å². The van der Waals surface area contributed by atoms with E-state index in [0.29, 0.717) is 26.8 Å². The van der Waals surface area contributed by atoms with Gasteiger partial charge in [-0.15, -0.1) is 22.7 Å². The molecule has 4 rings (SSSR count). The van der Waals surface area contributed by atoms with Crippen LogP contribution in [0.5, 0.6) is 0 Å². The van der Waals surface area contributed by atoms with Gasteiger partial charge in [-0.25, -0.2) is 9.78 Å². The Morgan fingerprint density at radius 1 is 1.14 bits per heavy atom. The minimum atomic E-state index is -0.496. The Balaban J connectivity index is 1.46. The van der Waals surface area contributed by atoms with E-state index in [4.69, 9.17) is 4.42 Å². The highest BCUT2D eigenvalue weighted by Crippen LogP contribution is 2.27. The van der Waals surface area contributed by atoms with Crippen molar-refractivity contribution in [2.24, 2.45) is 0 Å². The Morgan fingerprint density at radius 3 is 2.79 bits per heavy atom. The first kappa shape index (κ1) is 19.7. The summed E-state index contributed by atoms with van der Waals surface area (Å²) < 4.78 is 6.23. The van der Waals surface area contributed by atoms with Gasteiger partial charge in [0.1, 0.15) is 5.58 Å². The number of ketones is 1. The molecule has 0 saturated heterocycles. The molecule has 1 N–H and O–H groups in total. The van der Waals surface area contributed by atoms with Crippen LogP contribution in [0.15, 0.2) is 60.8 Å². The van der Waals surface area contributed by atoms with E-state index in [-0.39, 0.29) is 24.5 Å². The van der Waals surface area contributed by atoms with Crippen LogP contribution in [0.2, 0.25) is 0 Å². The number of benzene rings is 1. The van der Waals surface area contributed by atoms with Gasteiger partial charge in [0, 0.05) is 28.1 Å². The fourth-order valence-electron chi connectivity index (χ4n) is 2.70. The molecule has 0 aliphatic heterocycles. The lowest BCUT2D eigenvalue weighted by atomic mass is 10.1. The van der Waals surface area contributed by atoms with E-state index in [9.17, 15) is 14.4 Å². The summed E-state index contributed by atoms with van der Waals surface area (Å²) in [6, 6.07) is 10.6. The number of Topliss-reactive ketones (excluding diaryl/α,β-unsaturated/α-hetero) is 1. The van der Waals surface area contributed by atoms with E-state index < -0.39 is 5.63 Å². The van der Waals surface area contributed by atoms with Crippen molar-refractivity contribution in [2.45, 2.75) is 12.8 Å². The van der Waals surface area contributed by atoms with Crippen molar-refractivity contribution < 1.29 is 14.0 Å². The molecule has 29 heavy (non-hydrogen) atoms. The molecule has 0 saturated carbocycles. The highest BCUT2D eigenvalue weighted by atomic mass is 79.9. The number of nitrogens with one attached hydrogen (secondary N) is 1. The number of amides is 1. The van der Waals surface area contributed by atoms with Gasteiger partial charge in [-0.3, -0.25) is 9.59 Å². The number of thiophene rings is 1. The number of aromatic nitrogens is 1. The first-order valence-corrected chi connectivity index (χ1v) is 11.1. The molecule has 0 unspecified atom stereocenters. The van der Waals surface area contributed by atoms with Crippen LogP contribution in [-0.4, -0.2) is 16.7 Å². The van der Waals surface area contributed by atoms with Crippen molar-refractivity contribution in [3.63, 3.8) is 0 Å². The fourth-order valence-corrected chi connectivity index (χ4v) is 4.50. The first-order valence-electron chi connectivity index (χ1n) is 8.55. The molecule has 6 nitrogen and oxygen atoms in total. The summed E-state index contributed by atoms with van der Waals surface area (Å²) in [5, 5.41) is 7.31. The van der Waals surface area contributed by atoms with E-state index in [1.54, 1.807) is 35.7 Å². The molecular formula is C20H13BrN2O4S2. The highest BCUT2D eigenvalue weighted by molar-refractivity contribution is 9.10. The molecule has 3 aromatic heterocycles. The maximum atomic E-state index is 12.3. The average Bonchev–Trinajstić information content (AvgIpc) is 3.38. The monoisotopic (exact) mass is 488 g/mol. The van der Waals surface area contributed by atoms with Crippen molar-refractivity contribution in [1.82, 2.24) is 4.98 Å². The lowest BCUT2D eigenvalue weighted by Crippen LogP contribution is -2.13. The van der Waals surface area contributed by atoms with Crippen LogP contribution in [-0.2, 0) is 4.79 Å². The second kappa shape index (κ2) is 8.40. The van der Waals surface area contributed by atoms with Crippen molar-refractivity contribution >= 4 is 66.4 Å². The zero-order chi connectivity index (χ0) is 20.4. The summed E-state index contributed by atoms with van der Waals surface area (Å²) in [6.07, 6.45) is 0.200. The molecule has 4 aromatic rings. The molecule has 1 amide bonds. The van der Waals surface area contributed by atoms with Crippen LogP contribution >= 0.6 is 38.6 Å². The summed E-state index contributed by atoms with van der Waals surface area (Å²) in [4.78, 5) is 41.4. The van der Waals surface area contributed by atoms with E-state index >= 15 is 0 Å². The van der Waals surface area contributed by atoms with Crippen LogP contribution in [0.1, 0.15) is 22.5 Å². The number of hydrogen-bond donors (Lipinski definition) is 1. The van der Waals surface area contributed by atoms with Crippen molar-refractivity contribution in [2.75, 3.05) is 5.32 Å². The summed E-state index contributed by atoms with van der Waals surface area (Å²) in [5.74, 6) is -0.361. The van der Waals surface area contributed by atoms with Crippen LogP contribution in [0, 0.1) is 0 Å². The number of thiazole rings is 1. The SMILES string of the molecule is O=C(CCC(=O)c1cccs1)Nc1nc(-c2cc3cc(Br)ccc3oc2=O)cs1. The van der Waals surface area contributed by atoms with E-state index in [1.165, 1.54) is 22.7 Å². The van der Waals surface area contributed by atoms with Gasteiger partial charge in [0.2, 0.25) is 5.91 Å². The molecular weight excluding hydrogens is 476 g/mol. The smallest absolute Gasteiger partial charge is 0.345 e. The molecule has 0 aliphatic rings. The van der Waals surface area contributed by atoms with Gasteiger partial charge in [0.25, 0.3) is 0 Å². The maximum absolute atomic E-state index is 12.3. The van der Waals surface area contributed by atoms with Gasteiger partial charge in [-0.1, -0.05) is 22.0 Å². The molecule has 0 bridgehead atoms. The summed E-state index contributed by atoms with van der Waals surface area (Å²) in [7, 11) is 0. The second-order valence-corrected chi connectivity index (χ2v) is 8.84. The molecule has 0 spiro atoms. The largest absolute Gasteiger partial charge is 0.422 e. The fraction of sp³-hybridized carbons (Fsp3) is 0.100. The molecule has 0 radical (unpaired) electrons. The standard InChI is InChI=1S/C20H13BrN2O4S2/c21-12-3-5-16-11(8-12)9-13(19(26)27-16)14-10-29-20(22-14)23-18(25)6-4-15(24)17-2-1-7-28-17/h1-3,5,7-10H,4,6H2,(H,22,23,25). The van der Waals surface area contributed by atoms with Gasteiger partial charge in [0.05, 0.1) is 16.1 Å². The zero-order valence-corrected chi connectivity index (χ0v) is 18.0. The van der Waals surface area contributed by atoms with Gasteiger partial charge in [-0.05, 0) is 35.7 Å². The first-order chi connectivity index (χ1) is 14.0. The number of halogens is 1. The second-order valence-electron chi connectivity index (χ2n) is 6.12. The Morgan fingerprint density at radius 2 is 2.00 bits per heavy atom. The normalized spacial score (nSPS) is 10.9. The number of hydrogen-bond acceptors (Lipinski definition) is 7. The van der Waals surface area contributed by atoms with E-state index in [0.717, 1.165) is 9.86 Å². The number of anilines is 1. The van der Waals surface area contributed by atoms with Crippen LogP contribution < -0.4 is 10.9 Å². The third-order valence-corrected chi connectivity index (χ3v) is 6.26. The maximum Gasteiger partial charge on any atom is 0.345 e. The Hall–Kier alpha value is -2.62. The van der Waals surface area contributed by atoms with Gasteiger partial charge in [-0.2, -0.15) is 0 Å². The highest BCUT2D eigenvalue weighted by Gasteiger charge is 2.14. The van der Waals surface area contributed by atoms with E-state index in [1.807, 2.05) is 11.4 Å². The third-order valence-electron chi connectivity index (χ3n) is 4.10. The van der Waals surface area contributed by atoms with Crippen LogP contribution in [0.3, 0.4) is 0 Å². The topological polar surface area (TPSA) is 89.3 Å². The Labute approximate surface area is 181 Å². The molecule has 1 aromatic carbocycles. The summed E-state index contributed by atoms with van der Waals surface area (Å²) >= 11 is 5.96. The predicted octanol–water partition coefficient (Wildman–Crippen LogP) is 5.34. The lowest BCUT2D eigenvalue weighted by molar-refractivity contribution is -0.116. The molecule has 0 aliphatic carbocycles. The van der Waals surface area contributed by atoms with Gasteiger partial charge < -0.3 is 9.73 Å². The van der Waals surface area contributed by atoms with Gasteiger partial charge >= 0.3 is 5.63 Å². The average molecular weight is 489 g/mol. The summed E-state index contributed by atoms with van der Waals surface area (Å²) in [5.41, 5.74) is 0.737. The predicted molar refractivity (Wildman–Crippen MR) is 118 cm³/mol. The molecule has 9 heteroatoms. The molecule has 3 heterocycles. The third kappa shape index (κ3) is 4.52. The molecule has 0 atom stereocenters. The summed E-state index contributed by atoms with van der Waals surface area (Å²) in [6.45, 7) is 0. The number of fused-ring (bicyclic) bond motifs is 1. The molecule has 0 fully saturated rings. The Bertz CT molecular complexity index is 1260. The molecule has 146 valence electrons. The minimum Gasteiger partial charge on any atom is -0.422 e. The van der Waals surface area contributed by atoms with Crippen molar-refractivity contribution in [3.8, 4) is 11.3 Å². The van der Waals surface area contributed by atoms with Crippen molar-refractivity contribution in [3.05, 3.63) is 66.9 Å². The van der Waals surface area contributed by atoms with E-state index in [2.05, 4.69) is 26.2 Å². The number of rotatable bonds is 6. The minimum absolute atomic E-state index is 0.0603. The van der Waals surface area contributed by atoms with Gasteiger partial charge in [0.15, 0.2) is 10.9 Å². The quantitative estimate of drug-likeness (QED) is 0.292. The van der Waals surface area contributed by atoms with Crippen LogP contribution in [0.4, 0.5) is 5.13 Å². The number of carbonyl (C=O) groups is 2. The number of nitrogens with zero attached hydrogens (tertiary/aromatic N) is 1. The zero-order valence-electron chi connectivity index (χ0n) is 14.8. The number of carbonyl (C=O) groups excluding carboxylic acids is 2.